The van der Waals surface area contributed by atoms with Crippen LogP contribution in [0.5, 0.6) is 5.88 Å². The van der Waals surface area contributed by atoms with Gasteiger partial charge in [0.25, 0.3) is 10.0 Å². The topological polar surface area (TPSA) is 112 Å². The number of aromatic nitrogens is 2. The molecule has 0 bridgehead atoms. The fraction of sp³-hybridized carbons (Fsp3) is 0.167. The molecular weight excluding hydrogens is 549 g/mol. The second-order valence-electron chi connectivity index (χ2n) is 7.86. The average Bonchev–Trinajstić information content (AvgIpc) is 3.26. The minimum absolute atomic E-state index is 0.0936. The molecule has 0 aliphatic heterocycles. The number of methoxy groups -OCH3 is 1. The van der Waals surface area contributed by atoms with Crippen molar-refractivity contribution < 1.29 is 35.9 Å². The molecule has 14 heteroatoms. The number of nitrogens with zero attached hydrogens (tertiary/aromatic N) is 2. The number of amides is 1. The van der Waals surface area contributed by atoms with Crippen LogP contribution >= 0.6 is 11.6 Å². The molecule has 2 aromatic carbocycles. The van der Waals surface area contributed by atoms with Gasteiger partial charge in [-0.2, -0.15) is 18.2 Å². The summed E-state index contributed by atoms with van der Waals surface area (Å²) in [6.07, 6.45) is -4.28. The van der Waals surface area contributed by atoms with Crippen molar-refractivity contribution in [1.29, 1.82) is 0 Å². The van der Waals surface area contributed by atoms with Gasteiger partial charge in [-0.25, -0.2) is 17.2 Å². The maximum atomic E-state index is 13.5. The molecule has 0 saturated heterocycles. The standard InChI is InChI=1S/C24H20ClF3N4O5S/c1-29-23(33)37-13-14-12-32(38(34,35)17-5-3-4-15(10-17)24(26,27)28)20-11-16(6-7-18(14)20)30-19-8-9-21(36-2)31-22(19)25/h3-12,30H,13H2,1-2H3,(H,29,33). The number of hydrogen-bond donors (Lipinski definition) is 2. The van der Waals surface area contributed by atoms with Gasteiger partial charge in [-0.15, -0.1) is 0 Å². The van der Waals surface area contributed by atoms with Crippen molar-refractivity contribution in [2.45, 2.75) is 17.7 Å². The van der Waals surface area contributed by atoms with Gasteiger partial charge in [0.15, 0.2) is 5.15 Å². The molecule has 38 heavy (non-hydrogen) atoms. The summed E-state index contributed by atoms with van der Waals surface area (Å²) < 4.78 is 77.9. The van der Waals surface area contributed by atoms with Crippen LogP contribution in [0.3, 0.4) is 0 Å². The Balaban J connectivity index is 1.83. The van der Waals surface area contributed by atoms with Crippen LogP contribution in [0.15, 0.2) is 65.7 Å². The molecule has 2 N–H and O–H groups in total. The molecule has 2 aromatic heterocycles. The molecular formula is C24H20ClF3N4O5S. The van der Waals surface area contributed by atoms with Crippen molar-refractivity contribution in [2.75, 3.05) is 19.5 Å². The molecule has 0 aliphatic carbocycles. The first-order chi connectivity index (χ1) is 17.9. The van der Waals surface area contributed by atoms with Crippen LogP contribution in [0.25, 0.3) is 10.9 Å². The summed E-state index contributed by atoms with van der Waals surface area (Å²) in [5.74, 6) is 0.290. The number of fused-ring (bicyclic) bond motifs is 1. The number of rotatable bonds is 7. The molecule has 0 aliphatic rings. The SMILES string of the molecule is CNC(=O)OCc1cn(S(=O)(=O)c2cccc(C(F)(F)F)c2)c2cc(Nc3ccc(OC)nc3Cl)ccc12. The zero-order chi connectivity index (χ0) is 27.7. The van der Waals surface area contributed by atoms with E-state index in [0.717, 1.165) is 22.2 Å². The number of anilines is 2. The number of benzene rings is 2. The van der Waals surface area contributed by atoms with Crippen molar-refractivity contribution in [2.24, 2.45) is 0 Å². The van der Waals surface area contributed by atoms with Crippen LogP contribution in [-0.2, 0) is 27.5 Å². The maximum Gasteiger partial charge on any atom is 0.416 e. The Morgan fingerprint density at radius 3 is 2.55 bits per heavy atom. The fourth-order valence-corrected chi connectivity index (χ4v) is 5.22. The number of pyridine rings is 1. The third kappa shape index (κ3) is 5.48. The number of alkyl carbamates (subject to hydrolysis) is 1. The predicted molar refractivity (Wildman–Crippen MR) is 134 cm³/mol. The van der Waals surface area contributed by atoms with Gasteiger partial charge in [0.2, 0.25) is 5.88 Å². The number of hydrogen-bond acceptors (Lipinski definition) is 7. The van der Waals surface area contributed by atoms with Crippen molar-refractivity contribution in [3.05, 3.63) is 77.1 Å². The van der Waals surface area contributed by atoms with Crippen LogP contribution in [0, 0.1) is 0 Å². The Morgan fingerprint density at radius 2 is 1.89 bits per heavy atom. The molecule has 0 fully saturated rings. The molecule has 1 amide bonds. The largest absolute Gasteiger partial charge is 0.481 e. The number of carbonyl (C=O) groups is 1. The third-order valence-electron chi connectivity index (χ3n) is 5.45. The van der Waals surface area contributed by atoms with Crippen LogP contribution < -0.4 is 15.4 Å². The smallest absolute Gasteiger partial charge is 0.416 e. The molecule has 200 valence electrons. The Bertz CT molecular complexity index is 1620. The molecule has 0 spiro atoms. The normalized spacial score (nSPS) is 11.8. The van der Waals surface area contributed by atoms with Gasteiger partial charge < -0.3 is 20.1 Å². The number of nitrogens with one attached hydrogen (secondary N) is 2. The van der Waals surface area contributed by atoms with Gasteiger partial charge >= 0.3 is 12.3 Å². The average molecular weight is 569 g/mol. The van der Waals surface area contributed by atoms with Crippen LogP contribution in [-0.4, -0.2) is 37.6 Å². The van der Waals surface area contributed by atoms with Crippen molar-refractivity contribution >= 4 is 50.0 Å². The van der Waals surface area contributed by atoms with E-state index < -0.39 is 32.8 Å². The molecule has 0 radical (unpaired) electrons. The maximum absolute atomic E-state index is 13.5. The van der Waals surface area contributed by atoms with E-state index in [1.54, 1.807) is 24.3 Å². The fourth-order valence-electron chi connectivity index (χ4n) is 3.60. The van der Waals surface area contributed by atoms with Crippen LogP contribution in [0.4, 0.5) is 29.3 Å². The van der Waals surface area contributed by atoms with Crippen LogP contribution in [0.2, 0.25) is 5.15 Å². The Labute approximate surface area is 220 Å². The summed E-state index contributed by atoms with van der Waals surface area (Å²) in [5.41, 5.74) is 0.134. The number of carbonyl (C=O) groups excluding carboxylic acids is 1. The Hall–Kier alpha value is -3.97. The lowest BCUT2D eigenvalue weighted by molar-refractivity contribution is -0.137. The lowest BCUT2D eigenvalue weighted by Crippen LogP contribution is -2.18. The highest BCUT2D eigenvalue weighted by Gasteiger charge is 2.32. The van der Waals surface area contributed by atoms with E-state index in [1.807, 2.05) is 0 Å². The Kier molecular flexibility index (Phi) is 7.42. The van der Waals surface area contributed by atoms with E-state index in [0.29, 0.717) is 28.4 Å². The highest BCUT2D eigenvalue weighted by Crippen LogP contribution is 2.34. The van der Waals surface area contributed by atoms with E-state index in [4.69, 9.17) is 21.1 Å². The monoisotopic (exact) mass is 568 g/mol. The number of alkyl halides is 3. The van der Waals surface area contributed by atoms with Crippen molar-refractivity contribution in [3.63, 3.8) is 0 Å². The van der Waals surface area contributed by atoms with Gasteiger partial charge in [-0.1, -0.05) is 23.7 Å². The molecule has 0 saturated carbocycles. The van der Waals surface area contributed by atoms with E-state index in [9.17, 15) is 26.4 Å². The molecule has 9 nitrogen and oxygen atoms in total. The van der Waals surface area contributed by atoms with Gasteiger partial charge in [0.05, 0.1) is 28.8 Å². The zero-order valence-corrected chi connectivity index (χ0v) is 21.4. The van der Waals surface area contributed by atoms with Crippen molar-refractivity contribution in [1.82, 2.24) is 14.3 Å². The second kappa shape index (κ2) is 10.4. The minimum Gasteiger partial charge on any atom is -0.481 e. The van der Waals surface area contributed by atoms with Crippen molar-refractivity contribution in [3.8, 4) is 5.88 Å². The van der Waals surface area contributed by atoms with Gasteiger partial charge in [0.1, 0.15) is 6.61 Å². The van der Waals surface area contributed by atoms with Gasteiger partial charge in [0, 0.05) is 35.9 Å². The van der Waals surface area contributed by atoms with E-state index in [-0.39, 0.29) is 23.2 Å². The first kappa shape index (κ1) is 27.1. The minimum atomic E-state index is -4.74. The summed E-state index contributed by atoms with van der Waals surface area (Å²) in [4.78, 5) is 15.1. The van der Waals surface area contributed by atoms with Gasteiger partial charge in [-0.05, 0) is 36.4 Å². The lowest BCUT2D eigenvalue weighted by Gasteiger charge is -2.12. The molecule has 2 heterocycles. The summed E-state index contributed by atoms with van der Waals surface area (Å²) in [5, 5.41) is 5.81. The molecule has 0 unspecified atom stereocenters. The first-order valence-corrected chi connectivity index (χ1v) is 12.6. The first-order valence-electron chi connectivity index (χ1n) is 10.8. The molecule has 0 atom stereocenters. The quantitative estimate of drug-likeness (QED) is 0.281. The lowest BCUT2D eigenvalue weighted by atomic mass is 10.1. The Morgan fingerprint density at radius 1 is 1.13 bits per heavy atom. The molecule has 4 rings (SSSR count). The van der Waals surface area contributed by atoms with E-state index in [1.165, 1.54) is 26.4 Å². The van der Waals surface area contributed by atoms with Crippen LogP contribution in [0.1, 0.15) is 11.1 Å². The summed E-state index contributed by atoms with van der Waals surface area (Å²) in [7, 11) is -1.70. The molecule has 4 aromatic rings. The zero-order valence-electron chi connectivity index (χ0n) is 19.8. The number of ether oxygens (including phenoxy) is 2. The summed E-state index contributed by atoms with van der Waals surface area (Å²) >= 11 is 6.20. The number of halogens is 4. The second-order valence-corrected chi connectivity index (χ2v) is 10.0. The summed E-state index contributed by atoms with van der Waals surface area (Å²) in [6, 6.07) is 11.3. The van der Waals surface area contributed by atoms with E-state index in [2.05, 4.69) is 15.6 Å². The summed E-state index contributed by atoms with van der Waals surface area (Å²) in [6.45, 7) is -0.289. The van der Waals surface area contributed by atoms with E-state index >= 15 is 0 Å². The predicted octanol–water partition coefficient (Wildman–Crippen LogP) is 5.55. The highest BCUT2D eigenvalue weighted by molar-refractivity contribution is 7.90. The van der Waals surface area contributed by atoms with Gasteiger partial charge in [-0.3, -0.25) is 0 Å². The highest BCUT2D eigenvalue weighted by atomic mass is 35.5. The third-order valence-corrected chi connectivity index (χ3v) is 7.40.